The summed E-state index contributed by atoms with van der Waals surface area (Å²) in [5, 5.41) is 0. The molecule has 3 aliphatic rings. The van der Waals surface area contributed by atoms with Crippen LogP contribution in [0.15, 0.2) is 29.3 Å². The molecule has 2 fully saturated rings. The summed E-state index contributed by atoms with van der Waals surface area (Å²) in [5.74, 6) is 0.778. The summed E-state index contributed by atoms with van der Waals surface area (Å²) in [6, 6.07) is 3.29. The standard InChI is InChI=1S/C22H25N5O3/c28-20-16-8-11-26(21(29)15-4-3-9-23-12-15)13-17(16)24-19(25-20)18-5-1-2-10-27(18)22(30)14-6-7-14/h3-4,9,12,14,18H,1-2,5-8,10-11,13H2,(H,24,25,28). The van der Waals surface area contributed by atoms with Gasteiger partial charge >= 0.3 is 0 Å². The molecule has 0 spiro atoms. The van der Waals surface area contributed by atoms with E-state index in [9.17, 15) is 14.4 Å². The topological polar surface area (TPSA) is 99.3 Å². The third-order valence-corrected chi connectivity index (χ3v) is 6.32. The Morgan fingerprint density at radius 1 is 1.13 bits per heavy atom. The Morgan fingerprint density at radius 3 is 2.77 bits per heavy atom. The van der Waals surface area contributed by atoms with Crippen molar-refractivity contribution in [2.24, 2.45) is 5.92 Å². The van der Waals surface area contributed by atoms with E-state index in [1.807, 2.05) is 4.90 Å². The lowest BCUT2D eigenvalue weighted by molar-refractivity contribution is -0.136. The zero-order valence-electron chi connectivity index (χ0n) is 16.8. The number of H-pyrrole nitrogens is 1. The number of carbonyl (C=O) groups is 2. The van der Waals surface area contributed by atoms with Crippen LogP contribution in [0.25, 0.3) is 0 Å². The quantitative estimate of drug-likeness (QED) is 0.837. The van der Waals surface area contributed by atoms with Crippen LogP contribution in [0.3, 0.4) is 0 Å². The Hall–Kier alpha value is -3.03. The predicted octanol–water partition coefficient (Wildman–Crippen LogP) is 1.83. The minimum atomic E-state index is -0.186. The number of piperidine rings is 1. The van der Waals surface area contributed by atoms with Crippen LogP contribution in [0, 0.1) is 5.92 Å². The van der Waals surface area contributed by atoms with Gasteiger partial charge in [-0.15, -0.1) is 0 Å². The highest BCUT2D eigenvalue weighted by molar-refractivity contribution is 5.94. The van der Waals surface area contributed by atoms with E-state index in [-0.39, 0.29) is 29.3 Å². The fourth-order valence-electron chi connectivity index (χ4n) is 4.51. The molecular formula is C22H25N5O3. The summed E-state index contributed by atoms with van der Waals surface area (Å²) in [6.45, 7) is 1.48. The number of rotatable bonds is 3. The molecule has 8 nitrogen and oxygen atoms in total. The van der Waals surface area contributed by atoms with Crippen LogP contribution in [-0.4, -0.2) is 49.7 Å². The largest absolute Gasteiger partial charge is 0.332 e. The number of hydrogen-bond donors (Lipinski definition) is 1. The number of aromatic nitrogens is 3. The monoisotopic (exact) mass is 407 g/mol. The average molecular weight is 407 g/mol. The van der Waals surface area contributed by atoms with Gasteiger partial charge in [-0.3, -0.25) is 19.4 Å². The van der Waals surface area contributed by atoms with E-state index >= 15 is 0 Å². The molecule has 2 amide bonds. The molecule has 0 aromatic carbocycles. The SMILES string of the molecule is O=C(c1cccnc1)N1CCc2c(nc(C3CCCCN3C(=O)C3CC3)[nH]c2=O)C1. The maximum atomic E-state index is 12.8. The summed E-state index contributed by atoms with van der Waals surface area (Å²) in [6.07, 6.45) is 8.37. The number of nitrogens with zero attached hydrogens (tertiary/aromatic N) is 4. The Kier molecular flexibility index (Phi) is 4.84. The summed E-state index contributed by atoms with van der Waals surface area (Å²) in [5.41, 5.74) is 1.67. The van der Waals surface area contributed by atoms with Crippen molar-refractivity contribution in [3.8, 4) is 0 Å². The number of likely N-dealkylation sites (tertiary alicyclic amines) is 1. The lowest BCUT2D eigenvalue weighted by Crippen LogP contribution is -2.43. The zero-order chi connectivity index (χ0) is 20.7. The first-order valence-electron chi connectivity index (χ1n) is 10.7. The molecular weight excluding hydrogens is 382 g/mol. The number of pyridine rings is 1. The van der Waals surface area contributed by atoms with Crippen LogP contribution < -0.4 is 5.56 Å². The van der Waals surface area contributed by atoms with Gasteiger partial charge in [-0.25, -0.2) is 4.98 Å². The molecule has 1 saturated heterocycles. The van der Waals surface area contributed by atoms with Crippen LogP contribution in [0.1, 0.15) is 65.6 Å². The van der Waals surface area contributed by atoms with Gasteiger partial charge in [0.2, 0.25) is 5.91 Å². The van der Waals surface area contributed by atoms with Gasteiger partial charge < -0.3 is 14.8 Å². The van der Waals surface area contributed by atoms with Gasteiger partial charge in [0.05, 0.1) is 23.8 Å². The highest BCUT2D eigenvalue weighted by atomic mass is 16.2. The fraction of sp³-hybridized carbons (Fsp3) is 0.500. The second kappa shape index (κ2) is 7.66. The average Bonchev–Trinajstić information content (AvgIpc) is 3.64. The maximum Gasteiger partial charge on any atom is 0.255 e. The molecule has 5 rings (SSSR count). The summed E-state index contributed by atoms with van der Waals surface area (Å²) >= 11 is 0. The predicted molar refractivity (Wildman–Crippen MR) is 109 cm³/mol. The van der Waals surface area contributed by atoms with Crippen LogP contribution in [0.4, 0.5) is 0 Å². The van der Waals surface area contributed by atoms with Crippen molar-refractivity contribution in [2.75, 3.05) is 13.1 Å². The van der Waals surface area contributed by atoms with Gasteiger partial charge in [-0.2, -0.15) is 0 Å². The molecule has 1 N–H and O–H groups in total. The van der Waals surface area contributed by atoms with Gasteiger partial charge in [0.15, 0.2) is 0 Å². The molecule has 2 aliphatic heterocycles. The molecule has 30 heavy (non-hydrogen) atoms. The van der Waals surface area contributed by atoms with E-state index < -0.39 is 0 Å². The summed E-state index contributed by atoms with van der Waals surface area (Å²) in [4.78, 5) is 53.7. The third-order valence-electron chi connectivity index (χ3n) is 6.32. The zero-order valence-corrected chi connectivity index (χ0v) is 16.8. The summed E-state index contributed by atoms with van der Waals surface area (Å²) < 4.78 is 0. The minimum Gasteiger partial charge on any atom is -0.332 e. The molecule has 1 atom stereocenters. The molecule has 1 aliphatic carbocycles. The smallest absolute Gasteiger partial charge is 0.255 e. The fourth-order valence-corrected chi connectivity index (χ4v) is 4.51. The van der Waals surface area contributed by atoms with E-state index in [1.165, 1.54) is 0 Å². The van der Waals surface area contributed by atoms with Crippen molar-refractivity contribution < 1.29 is 9.59 Å². The number of amides is 2. The maximum absolute atomic E-state index is 12.8. The first kappa shape index (κ1) is 19.0. The van der Waals surface area contributed by atoms with Crippen LogP contribution in [0.5, 0.6) is 0 Å². The second-order valence-electron chi connectivity index (χ2n) is 8.41. The number of hydrogen-bond acceptors (Lipinski definition) is 5. The van der Waals surface area contributed by atoms with Crippen molar-refractivity contribution in [1.29, 1.82) is 0 Å². The molecule has 2 aromatic heterocycles. The van der Waals surface area contributed by atoms with Gasteiger partial charge in [-0.1, -0.05) is 0 Å². The highest BCUT2D eigenvalue weighted by Gasteiger charge is 2.39. The molecule has 156 valence electrons. The van der Waals surface area contributed by atoms with E-state index in [1.54, 1.807) is 29.4 Å². The van der Waals surface area contributed by atoms with Crippen LogP contribution >= 0.6 is 0 Å². The van der Waals surface area contributed by atoms with Crippen molar-refractivity contribution in [3.63, 3.8) is 0 Å². The van der Waals surface area contributed by atoms with Crippen LogP contribution in [0.2, 0.25) is 0 Å². The van der Waals surface area contributed by atoms with Gasteiger partial charge in [0.25, 0.3) is 11.5 Å². The number of fused-ring (bicyclic) bond motifs is 1. The normalized spacial score (nSPS) is 21.3. The molecule has 4 heterocycles. The van der Waals surface area contributed by atoms with Gasteiger partial charge in [0.1, 0.15) is 5.82 Å². The molecule has 0 radical (unpaired) electrons. The van der Waals surface area contributed by atoms with Crippen LogP contribution in [-0.2, 0) is 17.8 Å². The molecule has 0 bridgehead atoms. The van der Waals surface area contributed by atoms with Gasteiger partial charge in [-0.05, 0) is 50.7 Å². The Balaban J connectivity index is 1.43. The number of aromatic amines is 1. The molecule has 1 saturated carbocycles. The Bertz CT molecular complexity index is 1030. The Morgan fingerprint density at radius 2 is 2.00 bits per heavy atom. The van der Waals surface area contributed by atoms with Gasteiger partial charge in [0, 0.05) is 37.0 Å². The molecule has 1 unspecified atom stereocenters. The van der Waals surface area contributed by atoms with E-state index in [4.69, 9.17) is 4.98 Å². The minimum absolute atomic E-state index is 0.111. The van der Waals surface area contributed by atoms with Crippen molar-refractivity contribution >= 4 is 11.8 Å². The second-order valence-corrected chi connectivity index (χ2v) is 8.41. The lowest BCUT2D eigenvalue weighted by atomic mass is 9.99. The summed E-state index contributed by atoms with van der Waals surface area (Å²) in [7, 11) is 0. The van der Waals surface area contributed by atoms with E-state index in [2.05, 4.69) is 9.97 Å². The molecule has 2 aromatic rings. The first-order chi connectivity index (χ1) is 14.6. The first-order valence-corrected chi connectivity index (χ1v) is 10.7. The van der Waals surface area contributed by atoms with Crippen molar-refractivity contribution in [1.82, 2.24) is 24.8 Å². The lowest BCUT2D eigenvalue weighted by Gasteiger charge is -2.36. The van der Waals surface area contributed by atoms with Crippen molar-refractivity contribution in [3.05, 3.63) is 57.5 Å². The van der Waals surface area contributed by atoms with E-state index in [0.717, 1.165) is 32.1 Å². The molecule has 8 heteroatoms. The van der Waals surface area contributed by atoms with Crippen molar-refractivity contribution in [2.45, 2.75) is 51.1 Å². The third kappa shape index (κ3) is 3.51. The number of nitrogens with one attached hydrogen (secondary N) is 1. The Labute approximate surface area is 174 Å². The number of carbonyl (C=O) groups excluding carboxylic acids is 2. The highest BCUT2D eigenvalue weighted by Crippen LogP contribution is 2.37. The van der Waals surface area contributed by atoms with E-state index in [0.29, 0.717) is 48.7 Å².